The summed E-state index contributed by atoms with van der Waals surface area (Å²) >= 11 is 0. The van der Waals surface area contributed by atoms with Crippen LogP contribution in [-0.2, 0) is 0 Å². The Bertz CT molecular complexity index is 280. The smallest absolute Gasteiger partial charge is 0.119 e. The summed E-state index contributed by atoms with van der Waals surface area (Å²) in [6.07, 6.45) is 2.35. The SMILES string of the molecule is CC(O)c1ccc(OCCCCCO)cc1. The maximum Gasteiger partial charge on any atom is 0.119 e. The van der Waals surface area contributed by atoms with E-state index in [1.54, 1.807) is 6.92 Å². The molecule has 0 spiro atoms. The van der Waals surface area contributed by atoms with Gasteiger partial charge in [0.15, 0.2) is 0 Å². The predicted octanol–water partition coefficient (Wildman–Crippen LogP) is 2.28. The summed E-state index contributed by atoms with van der Waals surface area (Å²) in [6.45, 7) is 2.67. The van der Waals surface area contributed by atoms with Crippen molar-refractivity contribution in [2.24, 2.45) is 0 Å². The van der Waals surface area contributed by atoms with Gasteiger partial charge in [0.25, 0.3) is 0 Å². The second kappa shape index (κ2) is 7.25. The van der Waals surface area contributed by atoms with E-state index in [-0.39, 0.29) is 6.61 Å². The predicted molar refractivity (Wildman–Crippen MR) is 63.5 cm³/mol. The van der Waals surface area contributed by atoms with Crippen LogP contribution in [0.25, 0.3) is 0 Å². The molecule has 0 aliphatic heterocycles. The lowest BCUT2D eigenvalue weighted by Gasteiger charge is -2.08. The Hall–Kier alpha value is -1.06. The molecule has 16 heavy (non-hydrogen) atoms. The van der Waals surface area contributed by atoms with E-state index in [1.807, 2.05) is 24.3 Å². The number of hydrogen-bond donors (Lipinski definition) is 2. The van der Waals surface area contributed by atoms with E-state index in [1.165, 1.54) is 0 Å². The molecule has 1 rings (SSSR count). The quantitative estimate of drug-likeness (QED) is 0.699. The lowest BCUT2D eigenvalue weighted by molar-refractivity contribution is 0.199. The number of unbranched alkanes of at least 4 members (excludes halogenated alkanes) is 2. The van der Waals surface area contributed by atoms with Gasteiger partial charge in [-0.25, -0.2) is 0 Å². The van der Waals surface area contributed by atoms with Gasteiger partial charge in [-0.3, -0.25) is 0 Å². The Morgan fingerprint density at radius 3 is 2.38 bits per heavy atom. The number of rotatable bonds is 7. The van der Waals surface area contributed by atoms with Crippen LogP contribution in [0.4, 0.5) is 0 Å². The monoisotopic (exact) mass is 224 g/mol. The van der Waals surface area contributed by atoms with Crippen LogP contribution in [-0.4, -0.2) is 23.4 Å². The van der Waals surface area contributed by atoms with Crippen molar-refractivity contribution < 1.29 is 14.9 Å². The first kappa shape index (κ1) is 13.0. The molecule has 3 nitrogen and oxygen atoms in total. The van der Waals surface area contributed by atoms with Crippen molar-refractivity contribution in [3.8, 4) is 5.75 Å². The van der Waals surface area contributed by atoms with Gasteiger partial charge in [-0.1, -0.05) is 12.1 Å². The second-order valence-corrected chi connectivity index (χ2v) is 3.88. The van der Waals surface area contributed by atoms with Crippen molar-refractivity contribution in [1.29, 1.82) is 0 Å². The van der Waals surface area contributed by atoms with Gasteiger partial charge in [0, 0.05) is 6.61 Å². The zero-order valence-electron chi connectivity index (χ0n) is 9.72. The van der Waals surface area contributed by atoms with Crippen LogP contribution in [0.3, 0.4) is 0 Å². The van der Waals surface area contributed by atoms with Crippen LogP contribution in [0.15, 0.2) is 24.3 Å². The molecule has 0 fully saturated rings. The fourth-order valence-corrected chi connectivity index (χ4v) is 1.42. The van der Waals surface area contributed by atoms with E-state index < -0.39 is 6.10 Å². The van der Waals surface area contributed by atoms with E-state index in [0.29, 0.717) is 6.61 Å². The van der Waals surface area contributed by atoms with Crippen molar-refractivity contribution in [1.82, 2.24) is 0 Å². The first-order valence-electron chi connectivity index (χ1n) is 5.75. The first-order chi connectivity index (χ1) is 7.74. The van der Waals surface area contributed by atoms with Crippen LogP contribution >= 0.6 is 0 Å². The molecule has 0 saturated heterocycles. The first-order valence-corrected chi connectivity index (χ1v) is 5.75. The normalized spacial score (nSPS) is 12.4. The molecule has 1 aromatic carbocycles. The molecule has 2 N–H and O–H groups in total. The van der Waals surface area contributed by atoms with Gasteiger partial charge < -0.3 is 14.9 Å². The van der Waals surface area contributed by atoms with Crippen LogP contribution in [0, 0.1) is 0 Å². The van der Waals surface area contributed by atoms with Crippen molar-refractivity contribution in [2.75, 3.05) is 13.2 Å². The fraction of sp³-hybridized carbons (Fsp3) is 0.538. The van der Waals surface area contributed by atoms with Crippen molar-refractivity contribution >= 4 is 0 Å². The minimum absolute atomic E-state index is 0.253. The Labute approximate surface area is 96.7 Å². The highest BCUT2D eigenvalue weighted by Crippen LogP contribution is 2.17. The molecule has 1 unspecified atom stereocenters. The summed E-state index contributed by atoms with van der Waals surface area (Å²) in [7, 11) is 0. The third-order valence-electron chi connectivity index (χ3n) is 2.43. The summed E-state index contributed by atoms with van der Waals surface area (Å²) in [6, 6.07) is 7.48. The molecule has 0 amide bonds. The molecular formula is C13H20O3. The highest BCUT2D eigenvalue weighted by Gasteiger charge is 2.00. The number of benzene rings is 1. The zero-order valence-corrected chi connectivity index (χ0v) is 9.72. The highest BCUT2D eigenvalue weighted by molar-refractivity contribution is 5.28. The highest BCUT2D eigenvalue weighted by atomic mass is 16.5. The summed E-state index contributed by atoms with van der Waals surface area (Å²) in [5.41, 5.74) is 0.896. The van der Waals surface area contributed by atoms with Crippen LogP contribution in [0.5, 0.6) is 5.75 Å². The second-order valence-electron chi connectivity index (χ2n) is 3.88. The molecule has 1 aromatic rings. The third kappa shape index (κ3) is 4.64. The molecule has 0 aliphatic rings. The van der Waals surface area contributed by atoms with E-state index in [9.17, 15) is 5.11 Å². The zero-order chi connectivity index (χ0) is 11.8. The average Bonchev–Trinajstić information content (AvgIpc) is 2.29. The van der Waals surface area contributed by atoms with Gasteiger partial charge in [-0.2, -0.15) is 0 Å². The molecule has 0 saturated carbocycles. The Kier molecular flexibility index (Phi) is 5.90. The van der Waals surface area contributed by atoms with Crippen molar-refractivity contribution in [3.63, 3.8) is 0 Å². The van der Waals surface area contributed by atoms with Gasteiger partial charge in [0.1, 0.15) is 5.75 Å². The molecular weight excluding hydrogens is 204 g/mol. The summed E-state index contributed by atoms with van der Waals surface area (Å²) in [5, 5.41) is 17.9. The molecule has 0 aromatic heterocycles. The van der Waals surface area contributed by atoms with Gasteiger partial charge in [-0.05, 0) is 43.9 Å². The van der Waals surface area contributed by atoms with E-state index in [2.05, 4.69) is 0 Å². The Morgan fingerprint density at radius 2 is 1.81 bits per heavy atom. The maximum atomic E-state index is 9.32. The van der Waals surface area contributed by atoms with Gasteiger partial charge in [0.2, 0.25) is 0 Å². The van der Waals surface area contributed by atoms with Crippen LogP contribution < -0.4 is 4.74 Å². The van der Waals surface area contributed by atoms with Gasteiger partial charge in [-0.15, -0.1) is 0 Å². The van der Waals surface area contributed by atoms with E-state index in [0.717, 1.165) is 30.6 Å². The molecule has 90 valence electrons. The molecule has 3 heteroatoms. The maximum absolute atomic E-state index is 9.32. The number of aliphatic hydroxyl groups is 2. The molecule has 0 radical (unpaired) electrons. The number of hydrogen-bond acceptors (Lipinski definition) is 3. The third-order valence-corrected chi connectivity index (χ3v) is 2.43. The Morgan fingerprint density at radius 1 is 1.12 bits per heavy atom. The lowest BCUT2D eigenvalue weighted by atomic mass is 10.1. The van der Waals surface area contributed by atoms with E-state index >= 15 is 0 Å². The van der Waals surface area contributed by atoms with Crippen molar-refractivity contribution in [3.05, 3.63) is 29.8 Å². The molecule has 0 aliphatic carbocycles. The van der Waals surface area contributed by atoms with Crippen LogP contribution in [0.1, 0.15) is 37.9 Å². The summed E-state index contributed by atoms with van der Waals surface area (Å²) in [5.74, 6) is 0.827. The van der Waals surface area contributed by atoms with Crippen LogP contribution in [0.2, 0.25) is 0 Å². The topological polar surface area (TPSA) is 49.7 Å². The van der Waals surface area contributed by atoms with Crippen molar-refractivity contribution in [2.45, 2.75) is 32.3 Å². The molecule has 0 heterocycles. The van der Waals surface area contributed by atoms with Gasteiger partial charge >= 0.3 is 0 Å². The van der Waals surface area contributed by atoms with Gasteiger partial charge in [0.05, 0.1) is 12.7 Å². The fourth-order valence-electron chi connectivity index (χ4n) is 1.42. The number of aliphatic hydroxyl groups excluding tert-OH is 2. The molecule has 0 bridgehead atoms. The van der Waals surface area contributed by atoms with E-state index in [4.69, 9.17) is 9.84 Å². The number of ether oxygens (including phenoxy) is 1. The molecule has 1 atom stereocenters. The summed E-state index contributed by atoms with van der Waals surface area (Å²) < 4.78 is 5.52. The minimum atomic E-state index is -0.432. The standard InChI is InChI=1S/C13H20O3/c1-11(15)12-5-7-13(8-6-12)16-10-4-2-3-9-14/h5-8,11,14-15H,2-4,9-10H2,1H3. The summed E-state index contributed by atoms with van der Waals surface area (Å²) in [4.78, 5) is 0. The minimum Gasteiger partial charge on any atom is -0.494 e. The average molecular weight is 224 g/mol. The lowest BCUT2D eigenvalue weighted by Crippen LogP contribution is -1.98. The largest absolute Gasteiger partial charge is 0.494 e. The Balaban J connectivity index is 2.27.